The zero-order valence-electron chi connectivity index (χ0n) is 14.4. The van der Waals surface area contributed by atoms with Crippen molar-refractivity contribution in [3.63, 3.8) is 0 Å². The minimum Gasteiger partial charge on any atom is -0.366 e. The molecular weight excluding hydrogens is 324 g/mol. The lowest BCUT2D eigenvalue weighted by Gasteiger charge is -2.36. The van der Waals surface area contributed by atoms with E-state index in [1.807, 2.05) is 4.90 Å². The van der Waals surface area contributed by atoms with Gasteiger partial charge in [-0.1, -0.05) is 11.6 Å². The van der Waals surface area contributed by atoms with Crippen molar-refractivity contribution in [3.05, 3.63) is 41.5 Å². The molecule has 25 heavy (non-hydrogen) atoms. The van der Waals surface area contributed by atoms with Crippen LogP contribution in [0.4, 0.5) is 19.3 Å². The summed E-state index contributed by atoms with van der Waals surface area (Å²) in [6.07, 6.45) is 8.05. The first kappa shape index (κ1) is 17.7. The standard InChI is InChI=1S/C19H25F2N3O/c20-16-6-7-18(17(21)14-16)23-10-12-24(13-11-23)19(25)22-9-8-15-4-2-1-3-5-15/h4,6-7,14H,1-3,5,8-13H2,(H,22,25). The Labute approximate surface area is 147 Å². The molecule has 3 rings (SSSR count). The lowest BCUT2D eigenvalue weighted by atomic mass is 9.97. The Bertz CT molecular complexity index is 640. The summed E-state index contributed by atoms with van der Waals surface area (Å²) in [4.78, 5) is 15.9. The molecule has 0 atom stereocenters. The Morgan fingerprint density at radius 1 is 1.12 bits per heavy atom. The summed E-state index contributed by atoms with van der Waals surface area (Å²) in [7, 11) is 0. The predicted octanol–water partition coefficient (Wildman–Crippen LogP) is 3.69. The third-order valence-electron chi connectivity index (χ3n) is 4.92. The number of allylic oxidation sites excluding steroid dienone is 1. The predicted molar refractivity (Wildman–Crippen MR) is 94.7 cm³/mol. The highest BCUT2D eigenvalue weighted by Gasteiger charge is 2.22. The third kappa shape index (κ3) is 4.71. The van der Waals surface area contributed by atoms with Crippen molar-refractivity contribution in [2.75, 3.05) is 37.6 Å². The van der Waals surface area contributed by atoms with E-state index < -0.39 is 11.6 Å². The van der Waals surface area contributed by atoms with Gasteiger partial charge in [-0.25, -0.2) is 13.6 Å². The molecule has 1 fully saturated rings. The Morgan fingerprint density at radius 3 is 2.60 bits per heavy atom. The van der Waals surface area contributed by atoms with E-state index in [2.05, 4.69) is 11.4 Å². The van der Waals surface area contributed by atoms with Crippen molar-refractivity contribution < 1.29 is 13.6 Å². The smallest absolute Gasteiger partial charge is 0.317 e. The number of amides is 2. The van der Waals surface area contributed by atoms with Crippen LogP contribution in [0.2, 0.25) is 0 Å². The molecular formula is C19H25F2N3O. The van der Waals surface area contributed by atoms with Crippen LogP contribution >= 0.6 is 0 Å². The SMILES string of the molecule is O=C(NCCC1=CCCCC1)N1CCN(c2ccc(F)cc2F)CC1. The number of piperazine rings is 1. The number of anilines is 1. The van der Waals surface area contributed by atoms with Crippen molar-refractivity contribution in [1.29, 1.82) is 0 Å². The second-order valence-electron chi connectivity index (χ2n) is 6.66. The summed E-state index contributed by atoms with van der Waals surface area (Å²) in [5.41, 5.74) is 1.84. The Morgan fingerprint density at radius 2 is 1.92 bits per heavy atom. The van der Waals surface area contributed by atoms with E-state index >= 15 is 0 Å². The van der Waals surface area contributed by atoms with Gasteiger partial charge in [0.05, 0.1) is 5.69 Å². The van der Waals surface area contributed by atoms with E-state index in [-0.39, 0.29) is 6.03 Å². The lowest BCUT2D eigenvalue weighted by molar-refractivity contribution is 0.194. The number of carbonyl (C=O) groups excluding carboxylic acids is 1. The van der Waals surface area contributed by atoms with Gasteiger partial charge in [-0.2, -0.15) is 0 Å². The summed E-state index contributed by atoms with van der Waals surface area (Å²) in [5.74, 6) is -1.13. The number of hydrogen-bond donors (Lipinski definition) is 1. The number of nitrogens with zero attached hydrogens (tertiary/aromatic N) is 2. The van der Waals surface area contributed by atoms with Gasteiger partial charge in [0, 0.05) is 38.8 Å². The Hall–Kier alpha value is -2.11. The van der Waals surface area contributed by atoms with Gasteiger partial charge in [-0.3, -0.25) is 0 Å². The minimum absolute atomic E-state index is 0.0596. The first-order chi connectivity index (χ1) is 12.1. The molecule has 1 aliphatic carbocycles. The van der Waals surface area contributed by atoms with Gasteiger partial charge < -0.3 is 15.1 Å². The van der Waals surface area contributed by atoms with Crippen molar-refractivity contribution in [2.24, 2.45) is 0 Å². The number of hydrogen-bond acceptors (Lipinski definition) is 2. The molecule has 136 valence electrons. The van der Waals surface area contributed by atoms with Gasteiger partial charge in [0.25, 0.3) is 0 Å². The summed E-state index contributed by atoms with van der Waals surface area (Å²) >= 11 is 0. The lowest BCUT2D eigenvalue weighted by Crippen LogP contribution is -2.52. The zero-order chi connectivity index (χ0) is 17.6. The molecule has 0 saturated carbocycles. The van der Waals surface area contributed by atoms with Crippen LogP contribution in [0.3, 0.4) is 0 Å². The van der Waals surface area contributed by atoms with Gasteiger partial charge >= 0.3 is 6.03 Å². The first-order valence-electron chi connectivity index (χ1n) is 9.04. The molecule has 1 aromatic rings. The molecule has 2 aliphatic rings. The summed E-state index contributed by atoms with van der Waals surface area (Å²) in [6, 6.07) is 3.56. The van der Waals surface area contributed by atoms with E-state index in [9.17, 15) is 13.6 Å². The molecule has 1 aromatic carbocycles. The second-order valence-corrected chi connectivity index (χ2v) is 6.66. The van der Waals surface area contributed by atoms with Crippen molar-refractivity contribution in [2.45, 2.75) is 32.1 Å². The number of nitrogens with one attached hydrogen (secondary N) is 1. The summed E-state index contributed by atoms with van der Waals surface area (Å²) in [5, 5.41) is 2.98. The molecule has 0 spiro atoms. The van der Waals surface area contributed by atoms with E-state index in [1.165, 1.54) is 30.5 Å². The maximum Gasteiger partial charge on any atom is 0.317 e. The fourth-order valence-electron chi connectivity index (χ4n) is 3.46. The largest absolute Gasteiger partial charge is 0.366 e. The van der Waals surface area contributed by atoms with E-state index in [1.54, 1.807) is 4.90 Å². The highest BCUT2D eigenvalue weighted by Crippen LogP contribution is 2.22. The van der Waals surface area contributed by atoms with Crippen LogP contribution in [0.25, 0.3) is 0 Å². The van der Waals surface area contributed by atoms with Gasteiger partial charge in [0.1, 0.15) is 11.6 Å². The number of halogens is 2. The van der Waals surface area contributed by atoms with Gasteiger partial charge in [-0.15, -0.1) is 0 Å². The fraction of sp³-hybridized carbons (Fsp3) is 0.526. The third-order valence-corrected chi connectivity index (χ3v) is 4.92. The number of carbonyl (C=O) groups is 1. The van der Waals surface area contributed by atoms with Crippen LogP contribution in [-0.4, -0.2) is 43.7 Å². The first-order valence-corrected chi connectivity index (χ1v) is 9.04. The molecule has 0 bridgehead atoms. The topological polar surface area (TPSA) is 35.6 Å². The van der Waals surface area contributed by atoms with Crippen LogP contribution in [0.15, 0.2) is 29.8 Å². The van der Waals surface area contributed by atoms with Gasteiger partial charge in [0.2, 0.25) is 0 Å². The second kappa shape index (κ2) is 8.32. The average molecular weight is 349 g/mol. The molecule has 4 nitrogen and oxygen atoms in total. The van der Waals surface area contributed by atoms with Crippen LogP contribution in [0.5, 0.6) is 0 Å². The maximum atomic E-state index is 13.9. The summed E-state index contributed by atoms with van der Waals surface area (Å²) in [6.45, 7) is 2.82. The Kier molecular flexibility index (Phi) is 5.89. The molecule has 0 radical (unpaired) electrons. The van der Waals surface area contributed by atoms with Gasteiger partial charge in [-0.05, 0) is 44.2 Å². The van der Waals surface area contributed by atoms with Gasteiger partial charge in [0.15, 0.2) is 0 Å². The monoisotopic (exact) mass is 349 g/mol. The number of rotatable bonds is 4. The molecule has 6 heteroatoms. The quantitative estimate of drug-likeness (QED) is 0.842. The van der Waals surface area contributed by atoms with Crippen LogP contribution in [0.1, 0.15) is 32.1 Å². The molecule has 0 unspecified atom stereocenters. The molecule has 0 aromatic heterocycles. The van der Waals surface area contributed by atoms with Crippen molar-refractivity contribution in [3.8, 4) is 0 Å². The van der Waals surface area contributed by atoms with E-state index in [0.29, 0.717) is 38.4 Å². The normalized spacial score (nSPS) is 18.1. The van der Waals surface area contributed by atoms with Crippen LogP contribution < -0.4 is 10.2 Å². The Balaban J connectivity index is 1.43. The molecule has 1 heterocycles. The van der Waals surface area contributed by atoms with Crippen molar-refractivity contribution >= 4 is 11.7 Å². The molecule has 1 saturated heterocycles. The molecule has 1 aliphatic heterocycles. The van der Waals surface area contributed by atoms with Crippen LogP contribution in [-0.2, 0) is 0 Å². The van der Waals surface area contributed by atoms with E-state index in [0.717, 1.165) is 25.3 Å². The molecule has 1 N–H and O–H groups in total. The van der Waals surface area contributed by atoms with Crippen LogP contribution in [0, 0.1) is 11.6 Å². The molecule has 2 amide bonds. The maximum absolute atomic E-state index is 13.9. The van der Waals surface area contributed by atoms with E-state index in [4.69, 9.17) is 0 Å². The average Bonchev–Trinajstić information content (AvgIpc) is 2.63. The highest BCUT2D eigenvalue weighted by atomic mass is 19.1. The number of benzene rings is 1. The minimum atomic E-state index is -0.577. The zero-order valence-corrected chi connectivity index (χ0v) is 14.4. The highest BCUT2D eigenvalue weighted by molar-refractivity contribution is 5.74. The fourth-order valence-corrected chi connectivity index (χ4v) is 3.46. The number of urea groups is 1. The van der Waals surface area contributed by atoms with Crippen molar-refractivity contribution in [1.82, 2.24) is 10.2 Å². The summed E-state index contributed by atoms with van der Waals surface area (Å²) < 4.78 is 26.9.